The van der Waals surface area contributed by atoms with Gasteiger partial charge in [-0.25, -0.2) is 24.9 Å². The lowest BCUT2D eigenvalue weighted by atomic mass is 10.1. The molecule has 1 saturated heterocycles. The second-order valence-corrected chi connectivity index (χ2v) is 9.67. The summed E-state index contributed by atoms with van der Waals surface area (Å²) in [4.78, 5) is 28.0. The molecule has 0 amide bonds. The Bertz CT molecular complexity index is 1590. The van der Waals surface area contributed by atoms with Gasteiger partial charge in [-0.2, -0.15) is 0 Å². The fourth-order valence-electron chi connectivity index (χ4n) is 5.18. The van der Waals surface area contributed by atoms with E-state index in [1.165, 1.54) is 24.2 Å². The molecule has 5 aromatic rings. The molecule has 1 aromatic carbocycles. The molecule has 0 aliphatic carbocycles. The Morgan fingerprint density at radius 1 is 0.917 bits per heavy atom. The van der Waals surface area contributed by atoms with Gasteiger partial charge in [0.15, 0.2) is 0 Å². The third-order valence-corrected chi connectivity index (χ3v) is 7.11. The first kappa shape index (κ1) is 21.2. The number of likely N-dealkylation sites (N-methyl/N-ethyl adjacent to an activating group) is 1. The molecule has 1 fully saturated rings. The van der Waals surface area contributed by atoms with Crippen molar-refractivity contribution in [3.63, 3.8) is 0 Å². The van der Waals surface area contributed by atoms with Crippen LogP contribution in [0, 0.1) is 0 Å². The lowest BCUT2D eigenvalue weighted by Crippen LogP contribution is -2.27. The summed E-state index contributed by atoms with van der Waals surface area (Å²) in [7, 11) is 2.15. The summed E-state index contributed by atoms with van der Waals surface area (Å²) < 4.78 is 2.18. The third-order valence-electron chi connectivity index (χ3n) is 7.11. The monoisotopic (exact) mass is 477 g/mol. The molecule has 0 saturated carbocycles. The smallest absolute Gasteiger partial charge is 0.227 e. The fourth-order valence-corrected chi connectivity index (χ4v) is 5.18. The highest BCUT2D eigenvalue weighted by Gasteiger charge is 2.19. The minimum absolute atomic E-state index is 0.554. The van der Waals surface area contributed by atoms with Crippen LogP contribution in [-0.4, -0.2) is 60.9 Å². The van der Waals surface area contributed by atoms with Gasteiger partial charge in [0.1, 0.15) is 5.65 Å². The van der Waals surface area contributed by atoms with E-state index in [0.717, 1.165) is 72.0 Å². The summed E-state index contributed by atoms with van der Waals surface area (Å²) >= 11 is 0. The van der Waals surface area contributed by atoms with Gasteiger partial charge in [0.25, 0.3) is 0 Å². The molecule has 0 radical (unpaired) electrons. The maximum atomic E-state index is 4.81. The molecule has 9 heteroatoms. The third kappa shape index (κ3) is 3.81. The van der Waals surface area contributed by atoms with Gasteiger partial charge in [0.05, 0.1) is 28.3 Å². The molecule has 2 aliphatic rings. The quantitative estimate of drug-likeness (QED) is 0.415. The molecule has 36 heavy (non-hydrogen) atoms. The minimum atomic E-state index is 0.554. The van der Waals surface area contributed by atoms with E-state index in [0.29, 0.717) is 5.95 Å². The number of fused-ring (bicyclic) bond motifs is 4. The SMILES string of the molecule is CN1CCc2nc3ccc(Nc4nccc(-c5ccc6nc(N7CCCC7)ncc6c5)n4)cn3c2C1. The first-order valence-corrected chi connectivity index (χ1v) is 12.5. The summed E-state index contributed by atoms with van der Waals surface area (Å²) in [6.45, 7) is 4.02. The molecule has 4 aromatic heterocycles. The number of benzene rings is 1. The summed E-state index contributed by atoms with van der Waals surface area (Å²) in [6.07, 6.45) is 9.19. The highest BCUT2D eigenvalue weighted by molar-refractivity contribution is 5.84. The Balaban J connectivity index is 1.16. The summed E-state index contributed by atoms with van der Waals surface area (Å²) in [5, 5.41) is 4.38. The fraction of sp³-hybridized carbons (Fsp3) is 0.296. The van der Waals surface area contributed by atoms with Crippen LogP contribution in [0.3, 0.4) is 0 Å². The predicted molar refractivity (Wildman–Crippen MR) is 141 cm³/mol. The van der Waals surface area contributed by atoms with Gasteiger partial charge in [-0.05, 0) is 50.2 Å². The number of aromatic nitrogens is 6. The van der Waals surface area contributed by atoms with Crippen molar-refractivity contribution in [2.45, 2.75) is 25.8 Å². The lowest BCUT2D eigenvalue weighted by molar-refractivity contribution is 0.306. The molecule has 6 heterocycles. The molecular formula is C27H27N9. The van der Waals surface area contributed by atoms with E-state index in [2.05, 4.69) is 54.9 Å². The molecule has 0 atom stereocenters. The Kier molecular flexibility index (Phi) is 5.02. The largest absolute Gasteiger partial charge is 0.341 e. The normalized spacial score (nSPS) is 16.1. The second-order valence-electron chi connectivity index (χ2n) is 9.67. The maximum Gasteiger partial charge on any atom is 0.227 e. The van der Waals surface area contributed by atoms with Crippen molar-refractivity contribution in [2.75, 3.05) is 36.9 Å². The van der Waals surface area contributed by atoms with Crippen molar-refractivity contribution in [3.05, 3.63) is 66.4 Å². The van der Waals surface area contributed by atoms with Crippen LogP contribution in [0.4, 0.5) is 17.6 Å². The summed E-state index contributed by atoms with van der Waals surface area (Å²) in [6, 6.07) is 12.2. The van der Waals surface area contributed by atoms with Gasteiger partial charge in [0, 0.05) is 62.1 Å². The zero-order chi connectivity index (χ0) is 24.1. The first-order chi connectivity index (χ1) is 17.7. The van der Waals surface area contributed by atoms with E-state index >= 15 is 0 Å². The number of rotatable bonds is 4. The number of anilines is 3. The Hall–Kier alpha value is -4.11. The lowest BCUT2D eigenvalue weighted by Gasteiger charge is -2.21. The van der Waals surface area contributed by atoms with Gasteiger partial charge in [-0.15, -0.1) is 0 Å². The summed E-state index contributed by atoms with van der Waals surface area (Å²) in [5.74, 6) is 1.38. The Labute approximate surface area is 208 Å². The van der Waals surface area contributed by atoms with Gasteiger partial charge in [0.2, 0.25) is 11.9 Å². The second kappa shape index (κ2) is 8.53. The molecule has 0 spiro atoms. The van der Waals surface area contributed by atoms with Crippen LogP contribution >= 0.6 is 0 Å². The van der Waals surface area contributed by atoms with Crippen molar-refractivity contribution in [3.8, 4) is 11.3 Å². The maximum absolute atomic E-state index is 4.81. The zero-order valence-corrected chi connectivity index (χ0v) is 20.2. The Morgan fingerprint density at radius 3 is 2.75 bits per heavy atom. The van der Waals surface area contributed by atoms with Gasteiger partial charge in [-0.1, -0.05) is 6.07 Å². The molecule has 9 nitrogen and oxygen atoms in total. The van der Waals surface area contributed by atoms with E-state index in [1.54, 1.807) is 6.20 Å². The molecular weight excluding hydrogens is 450 g/mol. The number of nitrogens with one attached hydrogen (secondary N) is 1. The molecule has 2 aliphatic heterocycles. The topological polar surface area (TPSA) is 87.4 Å². The van der Waals surface area contributed by atoms with E-state index in [4.69, 9.17) is 15.0 Å². The standard InChI is InChI=1S/C27H27N9/c1-34-13-9-23-24(17-34)36-16-20(5-7-25(36)31-23)30-26-28-10-8-22(32-26)18-4-6-21-19(14-18)15-29-27(33-21)35-11-2-3-12-35/h4-8,10,14-16H,2-3,9,11-13,17H2,1H3,(H,28,30,32). The van der Waals surface area contributed by atoms with Crippen LogP contribution in [0.1, 0.15) is 24.2 Å². The van der Waals surface area contributed by atoms with Gasteiger partial charge >= 0.3 is 0 Å². The molecule has 1 N–H and O–H groups in total. The van der Waals surface area contributed by atoms with Crippen molar-refractivity contribution < 1.29 is 0 Å². The molecule has 180 valence electrons. The number of hydrogen-bond acceptors (Lipinski definition) is 8. The number of imidazole rings is 1. The van der Waals surface area contributed by atoms with Crippen LogP contribution in [0.5, 0.6) is 0 Å². The van der Waals surface area contributed by atoms with Crippen LogP contribution in [0.2, 0.25) is 0 Å². The van der Waals surface area contributed by atoms with Crippen molar-refractivity contribution in [1.29, 1.82) is 0 Å². The highest BCUT2D eigenvalue weighted by Crippen LogP contribution is 2.26. The minimum Gasteiger partial charge on any atom is -0.341 e. The number of nitrogens with zero attached hydrogens (tertiary/aromatic N) is 8. The van der Waals surface area contributed by atoms with E-state index in [9.17, 15) is 0 Å². The van der Waals surface area contributed by atoms with E-state index in [1.807, 2.05) is 30.5 Å². The zero-order valence-electron chi connectivity index (χ0n) is 20.2. The van der Waals surface area contributed by atoms with E-state index in [-0.39, 0.29) is 0 Å². The van der Waals surface area contributed by atoms with Crippen LogP contribution < -0.4 is 10.2 Å². The van der Waals surface area contributed by atoms with E-state index < -0.39 is 0 Å². The van der Waals surface area contributed by atoms with Gasteiger partial charge < -0.3 is 19.5 Å². The first-order valence-electron chi connectivity index (χ1n) is 12.5. The molecule has 0 bridgehead atoms. The average molecular weight is 478 g/mol. The van der Waals surface area contributed by atoms with Crippen molar-refractivity contribution in [1.82, 2.24) is 34.2 Å². The van der Waals surface area contributed by atoms with Crippen LogP contribution in [0.25, 0.3) is 27.8 Å². The predicted octanol–water partition coefficient (Wildman–Crippen LogP) is 4.07. The van der Waals surface area contributed by atoms with Crippen LogP contribution in [-0.2, 0) is 13.0 Å². The summed E-state index contributed by atoms with van der Waals surface area (Å²) in [5.41, 5.74) is 7.15. The van der Waals surface area contributed by atoms with Crippen molar-refractivity contribution >= 4 is 34.1 Å². The highest BCUT2D eigenvalue weighted by atomic mass is 15.3. The molecule has 7 rings (SSSR count). The number of hydrogen-bond donors (Lipinski definition) is 1. The average Bonchev–Trinajstić information content (AvgIpc) is 3.57. The Morgan fingerprint density at radius 2 is 1.83 bits per heavy atom. The van der Waals surface area contributed by atoms with Crippen LogP contribution in [0.15, 0.2) is 55.0 Å². The molecule has 0 unspecified atom stereocenters. The van der Waals surface area contributed by atoms with Gasteiger partial charge in [-0.3, -0.25) is 0 Å². The van der Waals surface area contributed by atoms with Crippen molar-refractivity contribution in [2.24, 2.45) is 0 Å². The number of pyridine rings is 1.